The third kappa shape index (κ3) is 3.84. The fourth-order valence-corrected chi connectivity index (χ4v) is 10.2. The average Bonchev–Trinajstić information content (AvgIpc) is 3.71. The van der Waals surface area contributed by atoms with E-state index in [4.69, 9.17) is 29.6 Å². The maximum atomic E-state index is 13.6. The molecule has 0 radical (unpaired) electrons. The Kier molecular flexibility index (Phi) is 5.83. The van der Waals surface area contributed by atoms with Crippen LogP contribution in [-0.2, 0) is 27.2 Å². The molecule has 5 aliphatic rings. The van der Waals surface area contributed by atoms with E-state index < -0.39 is 81.5 Å². The molecule has 242 valence electrons. The van der Waals surface area contributed by atoms with Crippen molar-refractivity contribution in [2.75, 3.05) is 24.7 Å². The number of H-pyrrole nitrogens is 1. The maximum Gasteiger partial charge on any atom is 0.697 e. The molecule has 4 aromatic rings. The van der Waals surface area contributed by atoms with E-state index in [0.29, 0.717) is 24.0 Å². The number of hydrogen-bond donors (Lipinski definition) is 6. The summed E-state index contributed by atoms with van der Waals surface area (Å²) in [5.74, 6) is -0.815. The normalized spacial score (nSPS) is 42.5. The highest BCUT2D eigenvalue weighted by atomic mass is 31.2. The van der Waals surface area contributed by atoms with Crippen LogP contribution >= 0.6 is 16.1 Å². The van der Waals surface area contributed by atoms with E-state index in [1.165, 1.54) is 23.5 Å². The molecule has 12 atom stereocenters. The topological polar surface area (TPSA) is 291 Å². The standard InChI is InChI=1S/C24H26N10O10P2/c25-18-10-19(28-5-27-18)33(6-29-10)12-8-2-24(8)4-42-46(39,40)44-15-13(34-7-30-11-20(34)31-22(26)32-21(11)37)9-1-23(9,16(15)36)3-41-45(38)43-17(24)14(12)35/h5-9,12-17,35-36H,1-4H2,(H5-,25,26,27,28,31,32,37,39,40)/p+1/t8-,9-,12-,13-,14+,15+,16+,17+,23+,24+/m1/s1. The quantitative estimate of drug-likeness (QED) is 0.146. The van der Waals surface area contributed by atoms with Crippen molar-refractivity contribution in [1.82, 2.24) is 39.0 Å². The Labute approximate surface area is 257 Å². The van der Waals surface area contributed by atoms with Crippen LogP contribution in [0.2, 0.25) is 0 Å². The first-order valence-electron chi connectivity index (χ1n) is 14.4. The van der Waals surface area contributed by atoms with Gasteiger partial charge >= 0.3 is 16.1 Å². The summed E-state index contributed by atoms with van der Waals surface area (Å²) in [5, 5.41) is 23.0. The third-order valence-electron chi connectivity index (χ3n) is 10.5. The second-order valence-corrected chi connectivity index (χ2v) is 15.0. The number of nitrogens with zero attached hydrogens (tertiary/aromatic N) is 7. The molecule has 2 bridgehead atoms. The highest BCUT2D eigenvalue weighted by Crippen LogP contribution is 2.73. The smallest absolute Gasteiger partial charge is 0.390 e. The van der Waals surface area contributed by atoms with E-state index >= 15 is 0 Å². The summed E-state index contributed by atoms with van der Waals surface area (Å²) in [4.78, 5) is 46.7. The van der Waals surface area contributed by atoms with Crippen molar-refractivity contribution < 1.29 is 42.3 Å². The first kappa shape index (κ1) is 28.7. The molecule has 20 nitrogen and oxygen atoms in total. The number of imidazole rings is 2. The van der Waals surface area contributed by atoms with Crippen molar-refractivity contribution >= 4 is 50.2 Å². The molecule has 2 spiro atoms. The van der Waals surface area contributed by atoms with Gasteiger partial charge in [0, 0.05) is 15.4 Å². The van der Waals surface area contributed by atoms with Gasteiger partial charge in [0.05, 0.1) is 37.4 Å². The van der Waals surface area contributed by atoms with Gasteiger partial charge in [0.25, 0.3) is 5.56 Å². The number of hydrogen-bond acceptors (Lipinski definition) is 16. The van der Waals surface area contributed by atoms with E-state index in [1.807, 2.05) is 0 Å². The number of aliphatic hydroxyl groups is 2. The zero-order chi connectivity index (χ0) is 31.9. The van der Waals surface area contributed by atoms with Gasteiger partial charge in [0.15, 0.2) is 28.7 Å². The number of nitrogens with two attached hydrogens (primary N) is 2. The summed E-state index contributed by atoms with van der Waals surface area (Å²) in [6.45, 7) is -0.672. The van der Waals surface area contributed by atoms with Gasteiger partial charge in [-0.2, -0.15) is 4.98 Å². The molecule has 5 fully saturated rings. The predicted molar refractivity (Wildman–Crippen MR) is 153 cm³/mol. The van der Waals surface area contributed by atoms with Crippen LogP contribution in [0.3, 0.4) is 0 Å². The second kappa shape index (κ2) is 9.33. The summed E-state index contributed by atoms with van der Waals surface area (Å²) in [6, 6.07) is -1.53. The summed E-state index contributed by atoms with van der Waals surface area (Å²) in [7, 11) is -7.75. The number of phosphoric acid groups is 1. The lowest BCUT2D eigenvalue weighted by Gasteiger charge is -2.29. The Hall–Kier alpha value is -3.45. The zero-order valence-electron chi connectivity index (χ0n) is 23.6. The summed E-state index contributed by atoms with van der Waals surface area (Å²) in [5.41, 5.74) is 9.82. The largest absolute Gasteiger partial charge is 0.697 e. The minimum absolute atomic E-state index is 0.0229. The van der Waals surface area contributed by atoms with Gasteiger partial charge in [0.1, 0.15) is 30.7 Å². The first-order chi connectivity index (χ1) is 21.9. The predicted octanol–water partition coefficient (Wildman–Crippen LogP) is -0.457. The molecule has 4 saturated carbocycles. The van der Waals surface area contributed by atoms with Gasteiger partial charge in [-0.1, -0.05) is 0 Å². The molecular formula is C24H27N10O10P2+. The highest BCUT2D eigenvalue weighted by molar-refractivity contribution is 7.47. The van der Waals surface area contributed by atoms with Gasteiger partial charge in [-0.25, -0.2) is 24.5 Å². The number of aromatic nitrogens is 8. The molecule has 9 rings (SSSR count). The van der Waals surface area contributed by atoms with Crippen LogP contribution in [0.15, 0.2) is 23.8 Å². The number of anilines is 2. The van der Waals surface area contributed by atoms with E-state index in [1.54, 1.807) is 4.57 Å². The van der Waals surface area contributed by atoms with Crippen molar-refractivity contribution in [1.29, 1.82) is 0 Å². The van der Waals surface area contributed by atoms with Crippen molar-refractivity contribution in [3.05, 3.63) is 29.3 Å². The van der Waals surface area contributed by atoms with E-state index in [0.717, 1.165) is 0 Å². The lowest BCUT2D eigenvalue weighted by Crippen LogP contribution is -2.37. The Morgan fingerprint density at radius 1 is 1.00 bits per heavy atom. The number of aliphatic hydroxyl groups excluding tert-OH is 2. The molecule has 5 heterocycles. The van der Waals surface area contributed by atoms with Gasteiger partial charge in [-0.05, 0) is 24.7 Å². The van der Waals surface area contributed by atoms with E-state index in [2.05, 4.69) is 29.9 Å². The minimum Gasteiger partial charge on any atom is -0.390 e. The Bertz CT molecular complexity index is 2070. The second-order valence-electron chi connectivity index (χ2n) is 12.7. The van der Waals surface area contributed by atoms with Crippen molar-refractivity contribution in [2.24, 2.45) is 22.7 Å². The maximum absolute atomic E-state index is 13.6. The first-order valence-corrected chi connectivity index (χ1v) is 17.0. The van der Waals surface area contributed by atoms with Gasteiger partial charge in [-0.3, -0.25) is 18.8 Å². The lowest BCUT2D eigenvalue weighted by atomic mass is 10.0. The number of rotatable bonds is 2. The van der Waals surface area contributed by atoms with E-state index in [-0.39, 0.29) is 35.5 Å². The Balaban J connectivity index is 1.07. The molecule has 1 saturated heterocycles. The average molecular weight is 677 g/mol. The molecule has 22 heteroatoms. The van der Waals surface area contributed by atoms with Gasteiger partial charge < -0.3 is 35.7 Å². The summed E-state index contributed by atoms with van der Waals surface area (Å²) >= 11 is 0. The molecule has 0 amide bonds. The van der Waals surface area contributed by atoms with Crippen LogP contribution in [0.4, 0.5) is 11.8 Å². The Morgan fingerprint density at radius 3 is 2.52 bits per heavy atom. The zero-order valence-corrected chi connectivity index (χ0v) is 25.3. The van der Waals surface area contributed by atoms with Gasteiger partial charge in [0.2, 0.25) is 5.95 Å². The van der Waals surface area contributed by atoms with Crippen molar-refractivity contribution in [3.63, 3.8) is 0 Å². The SMILES string of the molecule is Nc1nc2c(ncn2[C@H]2[C@@H]3OP(=O)(O)OC[C@@]45C[C@@H]4[C@@H](n4cnc6c(N)ncnc64)[C@H](O)[C@@H]5O[P+](=O)OC[C@]4(C[C@H]24)[C@H]3O)c(=O)[nH]1. The molecule has 0 aromatic carbocycles. The minimum atomic E-state index is -4.90. The number of phosphoric ester groups is 1. The number of fused-ring (bicyclic) bond motifs is 3. The molecule has 4 aliphatic carbocycles. The lowest BCUT2D eigenvalue weighted by molar-refractivity contribution is -0.0321. The number of nitrogens with one attached hydrogen (secondary N) is 1. The van der Waals surface area contributed by atoms with Crippen molar-refractivity contribution in [3.8, 4) is 0 Å². The van der Waals surface area contributed by atoms with Crippen LogP contribution in [0, 0.1) is 22.7 Å². The Morgan fingerprint density at radius 2 is 1.72 bits per heavy atom. The summed E-state index contributed by atoms with van der Waals surface area (Å²) in [6.07, 6.45) is -0.331. The molecule has 2 unspecified atom stereocenters. The van der Waals surface area contributed by atoms with E-state index in [9.17, 15) is 29.0 Å². The fraction of sp³-hybridized carbons (Fsp3) is 0.583. The number of aromatic amines is 1. The van der Waals surface area contributed by atoms with Crippen LogP contribution < -0.4 is 17.0 Å². The van der Waals surface area contributed by atoms with Gasteiger partial charge in [-0.15, -0.1) is 9.05 Å². The van der Waals surface area contributed by atoms with Crippen molar-refractivity contribution in [2.45, 2.75) is 49.3 Å². The van der Waals surface area contributed by atoms with Crippen LogP contribution in [0.1, 0.15) is 24.9 Å². The van der Waals surface area contributed by atoms with Crippen LogP contribution in [0.5, 0.6) is 0 Å². The highest BCUT2D eigenvalue weighted by Gasteiger charge is 2.77. The number of nitrogen functional groups attached to an aromatic ring is 2. The monoisotopic (exact) mass is 677 g/mol. The molecule has 46 heavy (non-hydrogen) atoms. The molecule has 1 aliphatic heterocycles. The fourth-order valence-electron chi connectivity index (χ4n) is 8.22. The van der Waals surface area contributed by atoms with Crippen LogP contribution in [-0.4, -0.2) is 91.8 Å². The molecular weight excluding hydrogens is 650 g/mol. The summed E-state index contributed by atoms with van der Waals surface area (Å²) < 4.78 is 52.8. The molecule has 8 N–H and O–H groups in total. The third-order valence-corrected chi connectivity index (χ3v) is 12.2. The van der Waals surface area contributed by atoms with Crippen LogP contribution in [0.25, 0.3) is 22.3 Å². The molecule has 4 aromatic heterocycles.